The molecule has 3 aromatic rings. The van der Waals surface area contributed by atoms with Gasteiger partial charge in [-0.1, -0.05) is 35.9 Å². The third-order valence-electron chi connectivity index (χ3n) is 4.60. The van der Waals surface area contributed by atoms with E-state index in [4.69, 9.17) is 11.6 Å². The van der Waals surface area contributed by atoms with Crippen LogP contribution in [-0.2, 0) is 25.0 Å². The minimum absolute atomic E-state index is 0.0217. The molecule has 3 aromatic carbocycles. The van der Waals surface area contributed by atoms with Gasteiger partial charge < -0.3 is 5.32 Å². The molecule has 0 radical (unpaired) electrons. The van der Waals surface area contributed by atoms with E-state index in [2.05, 4.69) is 10.0 Å². The van der Waals surface area contributed by atoms with Gasteiger partial charge in [0.25, 0.3) is 10.0 Å². The maximum Gasteiger partial charge on any atom is 0.304 e. The summed E-state index contributed by atoms with van der Waals surface area (Å²) in [6.07, 6.45) is 0. The third-order valence-corrected chi connectivity index (χ3v) is 8.05. The van der Waals surface area contributed by atoms with E-state index in [1.54, 1.807) is 48.5 Å². The Hall–Kier alpha value is -3.12. The van der Waals surface area contributed by atoms with Gasteiger partial charge in [0.05, 0.1) is 16.3 Å². The number of nitrogens with zero attached hydrogens (tertiary/aromatic N) is 2. The number of rotatable bonds is 9. The molecule has 34 heavy (non-hydrogen) atoms. The molecule has 0 saturated carbocycles. The first-order chi connectivity index (χ1) is 16.0. The van der Waals surface area contributed by atoms with Crippen molar-refractivity contribution < 1.29 is 21.6 Å². The Morgan fingerprint density at radius 2 is 1.50 bits per heavy atom. The predicted molar refractivity (Wildman–Crippen MR) is 134 cm³/mol. The van der Waals surface area contributed by atoms with Crippen molar-refractivity contribution in [1.82, 2.24) is 4.31 Å². The van der Waals surface area contributed by atoms with Crippen molar-refractivity contribution in [1.29, 1.82) is 0 Å². The number of halogens is 1. The Labute approximate surface area is 204 Å². The molecule has 0 aliphatic carbocycles. The van der Waals surface area contributed by atoms with Crippen LogP contribution in [0.25, 0.3) is 0 Å². The first-order valence-electron chi connectivity index (χ1n) is 9.92. The van der Waals surface area contributed by atoms with Crippen LogP contribution in [-0.4, -0.2) is 47.7 Å². The standard InChI is InChI=1S/C22H23ClN4O5S2/c1-26(2)34(31,32)27(20-9-4-3-5-10-20)16-22(28)24-18-11-13-21(14-12-18)33(29,30)25-19-8-6-7-17(23)15-19/h3-15,25H,16H2,1-2H3,(H,24,28). The average molecular weight is 523 g/mol. The summed E-state index contributed by atoms with van der Waals surface area (Å²) in [5, 5.41) is 2.98. The molecule has 0 saturated heterocycles. The highest BCUT2D eigenvalue weighted by atomic mass is 35.5. The monoisotopic (exact) mass is 522 g/mol. The second-order valence-electron chi connectivity index (χ2n) is 7.32. The highest BCUT2D eigenvalue weighted by Crippen LogP contribution is 2.22. The van der Waals surface area contributed by atoms with Gasteiger partial charge in [0.2, 0.25) is 5.91 Å². The number of benzene rings is 3. The van der Waals surface area contributed by atoms with Crippen molar-refractivity contribution >= 4 is 54.8 Å². The van der Waals surface area contributed by atoms with Gasteiger partial charge in [-0.2, -0.15) is 12.7 Å². The summed E-state index contributed by atoms with van der Waals surface area (Å²) in [5.41, 5.74) is 0.954. The molecule has 2 N–H and O–H groups in total. The molecule has 0 aliphatic heterocycles. The molecular weight excluding hydrogens is 500 g/mol. The van der Waals surface area contributed by atoms with Gasteiger partial charge in [0.15, 0.2) is 0 Å². The lowest BCUT2D eigenvalue weighted by Gasteiger charge is -2.26. The maximum atomic E-state index is 12.7. The highest BCUT2D eigenvalue weighted by molar-refractivity contribution is 7.92. The Kier molecular flexibility index (Phi) is 7.82. The lowest BCUT2D eigenvalue weighted by molar-refractivity contribution is -0.114. The number of carbonyl (C=O) groups is 1. The highest BCUT2D eigenvalue weighted by Gasteiger charge is 2.27. The average Bonchev–Trinajstić information content (AvgIpc) is 2.78. The summed E-state index contributed by atoms with van der Waals surface area (Å²) >= 11 is 5.89. The fourth-order valence-corrected chi connectivity index (χ4v) is 5.21. The van der Waals surface area contributed by atoms with Crippen LogP contribution in [0.1, 0.15) is 0 Å². The number of hydrogen-bond donors (Lipinski definition) is 2. The fraction of sp³-hybridized carbons (Fsp3) is 0.136. The number of carbonyl (C=O) groups excluding carboxylic acids is 1. The van der Waals surface area contributed by atoms with Crippen LogP contribution in [0.3, 0.4) is 0 Å². The van der Waals surface area contributed by atoms with Crippen LogP contribution >= 0.6 is 11.6 Å². The van der Waals surface area contributed by atoms with E-state index in [9.17, 15) is 21.6 Å². The summed E-state index contributed by atoms with van der Waals surface area (Å²) in [6.45, 7) is -0.471. The van der Waals surface area contributed by atoms with Gasteiger partial charge >= 0.3 is 10.2 Å². The van der Waals surface area contributed by atoms with Crippen LogP contribution in [0.5, 0.6) is 0 Å². The third kappa shape index (κ3) is 6.26. The number of nitrogens with one attached hydrogen (secondary N) is 2. The molecule has 9 nitrogen and oxygen atoms in total. The van der Waals surface area contributed by atoms with Crippen molar-refractivity contribution in [3.8, 4) is 0 Å². The molecule has 0 spiro atoms. The van der Waals surface area contributed by atoms with Gasteiger partial charge in [-0.15, -0.1) is 0 Å². The molecule has 3 rings (SSSR count). The van der Waals surface area contributed by atoms with Crippen molar-refractivity contribution in [2.75, 3.05) is 35.0 Å². The second kappa shape index (κ2) is 10.4. The number of para-hydroxylation sites is 1. The van der Waals surface area contributed by atoms with Gasteiger partial charge in [0, 0.05) is 24.8 Å². The summed E-state index contributed by atoms with van der Waals surface area (Å²) < 4.78 is 55.1. The zero-order valence-corrected chi connectivity index (χ0v) is 20.7. The largest absolute Gasteiger partial charge is 0.325 e. The van der Waals surface area contributed by atoms with Crippen molar-refractivity contribution in [3.63, 3.8) is 0 Å². The van der Waals surface area contributed by atoms with E-state index in [0.717, 1.165) is 8.61 Å². The van der Waals surface area contributed by atoms with Crippen LogP contribution in [0.4, 0.5) is 17.1 Å². The van der Waals surface area contributed by atoms with Gasteiger partial charge in [-0.3, -0.25) is 9.52 Å². The quantitative estimate of drug-likeness (QED) is 0.447. The minimum Gasteiger partial charge on any atom is -0.325 e. The Bertz CT molecular complexity index is 1360. The smallest absolute Gasteiger partial charge is 0.304 e. The van der Waals surface area contributed by atoms with Gasteiger partial charge in [-0.05, 0) is 54.6 Å². The number of sulfonamides is 1. The van der Waals surface area contributed by atoms with Crippen LogP contribution in [0.15, 0.2) is 83.8 Å². The molecule has 0 fully saturated rings. The zero-order chi connectivity index (χ0) is 24.9. The summed E-state index contributed by atoms with van der Waals surface area (Å²) in [7, 11) is -5.05. The van der Waals surface area contributed by atoms with E-state index in [0.29, 0.717) is 22.1 Å². The molecule has 0 atom stereocenters. The lowest BCUT2D eigenvalue weighted by atomic mass is 10.3. The first kappa shape index (κ1) is 25.5. The second-order valence-corrected chi connectivity index (χ2v) is 11.5. The van der Waals surface area contributed by atoms with E-state index < -0.39 is 32.7 Å². The molecular formula is C22H23ClN4O5S2. The Morgan fingerprint density at radius 3 is 2.09 bits per heavy atom. The predicted octanol–water partition coefficient (Wildman–Crippen LogP) is 3.39. The Balaban J connectivity index is 1.73. The molecule has 0 bridgehead atoms. The SMILES string of the molecule is CN(C)S(=O)(=O)N(CC(=O)Nc1ccc(S(=O)(=O)Nc2cccc(Cl)c2)cc1)c1ccccc1. The van der Waals surface area contributed by atoms with Crippen molar-refractivity contribution in [2.24, 2.45) is 0 Å². The van der Waals surface area contributed by atoms with Gasteiger partial charge in [0.1, 0.15) is 6.54 Å². The fourth-order valence-electron chi connectivity index (χ4n) is 2.91. The first-order valence-corrected chi connectivity index (χ1v) is 13.2. The molecule has 180 valence electrons. The summed E-state index contributed by atoms with van der Waals surface area (Å²) in [6, 6.07) is 20.0. The van der Waals surface area contributed by atoms with Crippen LogP contribution in [0, 0.1) is 0 Å². The van der Waals surface area contributed by atoms with Crippen molar-refractivity contribution in [3.05, 3.63) is 83.9 Å². The molecule has 0 heterocycles. The number of amides is 1. The molecule has 1 amide bonds. The molecule has 0 unspecified atom stereocenters. The maximum absolute atomic E-state index is 12.7. The normalized spacial score (nSPS) is 11.8. The topological polar surface area (TPSA) is 116 Å². The van der Waals surface area contributed by atoms with E-state index in [1.807, 2.05) is 0 Å². The van der Waals surface area contributed by atoms with Crippen molar-refractivity contribution in [2.45, 2.75) is 4.90 Å². The number of hydrogen-bond acceptors (Lipinski definition) is 5. The number of anilines is 3. The van der Waals surface area contributed by atoms with Crippen LogP contribution in [0.2, 0.25) is 5.02 Å². The van der Waals surface area contributed by atoms with Gasteiger partial charge in [-0.25, -0.2) is 12.7 Å². The van der Waals surface area contributed by atoms with Crippen LogP contribution < -0.4 is 14.3 Å². The molecule has 0 aliphatic rings. The molecule has 12 heteroatoms. The summed E-state index contributed by atoms with van der Waals surface area (Å²) in [5.74, 6) is -0.595. The molecule has 0 aromatic heterocycles. The summed E-state index contributed by atoms with van der Waals surface area (Å²) in [4.78, 5) is 12.6. The Morgan fingerprint density at radius 1 is 0.853 bits per heavy atom. The lowest BCUT2D eigenvalue weighted by Crippen LogP contribution is -2.44. The zero-order valence-electron chi connectivity index (χ0n) is 18.3. The van der Waals surface area contributed by atoms with E-state index in [1.165, 1.54) is 44.4 Å². The van der Waals surface area contributed by atoms with E-state index in [-0.39, 0.29) is 4.90 Å². The minimum atomic E-state index is -3.93. The van der Waals surface area contributed by atoms with E-state index >= 15 is 0 Å².